The van der Waals surface area contributed by atoms with Crippen LogP contribution in [0.4, 0.5) is 14.5 Å². The number of rotatable bonds is 3. The van der Waals surface area contributed by atoms with Gasteiger partial charge < -0.3 is 4.90 Å². The van der Waals surface area contributed by atoms with Gasteiger partial charge in [0.2, 0.25) is 5.91 Å². The molecule has 0 atom stereocenters. The van der Waals surface area contributed by atoms with Gasteiger partial charge in [0, 0.05) is 18.0 Å². The molecule has 1 aromatic carbocycles. The first kappa shape index (κ1) is 15.4. The first-order valence-electron chi connectivity index (χ1n) is 7.76. The number of amides is 1. The topological polar surface area (TPSA) is 46.1 Å². The summed E-state index contributed by atoms with van der Waals surface area (Å²) >= 11 is 0. The van der Waals surface area contributed by atoms with E-state index in [0.29, 0.717) is 29.1 Å². The molecule has 3 heterocycles. The van der Waals surface area contributed by atoms with Crippen LogP contribution in [0.15, 0.2) is 54.9 Å². The number of pyridine rings is 2. The van der Waals surface area contributed by atoms with Crippen LogP contribution in [-0.4, -0.2) is 15.9 Å². The first-order chi connectivity index (χ1) is 12.1. The van der Waals surface area contributed by atoms with Gasteiger partial charge in [0.25, 0.3) is 0 Å². The van der Waals surface area contributed by atoms with Crippen molar-refractivity contribution >= 4 is 11.6 Å². The number of benzene rings is 1. The summed E-state index contributed by atoms with van der Waals surface area (Å²) in [6.45, 7) is 0.343. The lowest BCUT2D eigenvalue weighted by molar-refractivity contribution is -0.117. The number of nitrogens with zero attached hydrogens (tertiary/aromatic N) is 3. The molecule has 0 saturated heterocycles. The number of halogens is 2. The molecule has 0 bridgehead atoms. The Kier molecular flexibility index (Phi) is 3.72. The Hall–Kier alpha value is -3.15. The molecule has 0 aliphatic carbocycles. The molecule has 4 nitrogen and oxygen atoms in total. The van der Waals surface area contributed by atoms with Crippen LogP contribution in [0.2, 0.25) is 0 Å². The smallest absolute Gasteiger partial charge is 0.233 e. The van der Waals surface area contributed by atoms with E-state index in [0.717, 1.165) is 17.8 Å². The number of carbonyl (C=O) groups excluding carboxylic acids is 1. The normalized spacial score (nSPS) is 13.2. The van der Waals surface area contributed by atoms with E-state index in [1.165, 1.54) is 6.07 Å². The van der Waals surface area contributed by atoms with Crippen LogP contribution in [0.1, 0.15) is 11.4 Å². The van der Waals surface area contributed by atoms with Crippen LogP contribution in [0.25, 0.3) is 11.1 Å². The predicted molar refractivity (Wildman–Crippen MR) is 88.7 cm³/mol. The minimum atomic E-state index is -0.917. The van der Waals surface area contributed by atoms with Gasteiger partial charge >= 0.3 is 0 Å². The van der Waals surface area contributed by atoms with Crippen molar-refractivity contribution in [1.82, 2.24) is 9.97 Å². The van der Waals surface area contributed by atoms with Crippen LogP contribution in [0, 0.1) is 11.6 Å². The minimum absolute atomic E-state index is 0.0596. The van der Waals surface area contributed by atoms with Crippen molar-refractivity contribution in [2.45, 2.75) is 13.0 Å². The first-order valence-corrected chi connectivity index (χ1v) is 7.76. The molecule has 4 rings (SSSR count). The zero-order valence-electron chi connectivity index (χ0n) is 13.1. The Morgan fingerprint density at radius 3 is 2.64 bits per heavy atom. The van der Waals surface area contributed by atoms with E-state index in [4.69, 9.17) is 0 Å². The maximum absolute atomic E-state index is 13.5. The number of aromatic nitrogens is 2. The Morgan fingerprint density at radius 2 is 1.88 bits per heavy atom. The highest BCUT2D eigenvalue weighted by Crippen LogP contribution is 2.33. The lowest BCUT2D eigenvalue weighted by atomic mass is 10.1. The molecule has 124 valence electrons. The number of hydrogen-bond donors (Lipinski definition) is 0. The maximum Gasteiger partial charge on any atom is 0.233 e. The number of fused-ring (bicyclic) bond motifs is 1. The fourth-order valence-electron chi connectivity index (χ4n) is 2.88. The molecule has 0 spiro atoms. The summed E-state index contributed by atoms with van der Waals surface area (Å²) in [5.74, 6) is -1.88. The molecule has 3 aromatic rings. The van der Waals surface area contributed by atoms with Crippen molar-refractivity contribution in [3.8, 4) is 11.1 Å². The molecule has 0 fully saturated rings. The molecule has 0 radical (unpaired) electrons. The lowest BCUT2D eigenvalue weighted by Crippen LogP contribution is -2.26. The van der Waals surface area contributed by atoms with E-state index in [-0.39, 0.29) is 12.3 Å². The fraction of sp³-hybridized carbons (Fsp3) is 0.105. The molecule has 0 saturated carbocycles. The average molecular weight is 337 g/mol. The second-order valence-electron chi connectivity index (χ2n) is 5.80. The second kappa shape index (κ2) is 6.05. The van der Waals surface area contributed by atoms with Crippen LogP contribution >= 0.6 is 0 Å². The Labute approximate surface area is 142 Å². The van der Waals surface area contributed by atoms with Crippen molar-refractivity contribution in [2.24, 2.45) is 0 Å². The molecule has 0 unspecified atom stereocenters. The Bertz CT molecular complexity index is 960. The zero-order chi connectivity index (χ0) is 17.4. The summed E-state index contributed by atoms with van der Waals surface area (Å²) in [6, 6.07) is 11.0. The molecule has 6 heteroatoms. The van der Waals surface area contributed by atoms with Crippen LogP contribution in [-0.2, 0) is 17.8 Å². The standard InChI is InChI=1S/C19H13F2N3O/c20-15-5-4-12(7-16(15)21)13-8-18-17(23-10-13)9-19(25)24(18)11-14-3-1-2-6-22-14/h1-8,10H,9,11H2. The van der Waals surface area contributed by atoms with Gasteiger partial charge in [-0.1, -0.05) is 12.1 Å². The van der Waals surface area contributed by atoms with E-state index in [2.05, 4.69) is 9.97 Å². The van der Waals surface area contributed by atoms with E-state index >= 15 is 0 Å². The van der Waals surface area contributed by atoms with Gasteiger partial charge in [-0.3, -0.25) is 14.8 Å². The largest absolute Gasteiger partial charge is 0.304 e. The van der Waals surface area contributed by atoms with Gasteiger partial charge in [-0.05, 0) is 35.9 Å². The van der Waals surface area contributed by atoms with Crippen molar-refractivity contribution < 1.29 is 13.6 Å². The molecule has 1 amide bonds. The molecule has 2 aromatic heterocycles. The SMILES string of the molecule is O=C1Cc2ncc(-c3ccc(F)c(F)c3)cc2N1Cc1ccccn1. The van der Waals surface area contributed by atoms with Gasteiger partial charge in [0.1, 0.15) is 0 Å². The number of carbonyl (C=O) groups is 1. The average Bonchev–Trinajstić information content (AvgIpc) is 2.93. The summed E-state index contributed by atoms with van der Waals surface area (Å²) in [4.78, 5) is 22.5. The summed E-state index contributed by atoms with van der Waals surface area (Å²) < 4.78 is 26.6. The van der Waals surface area contributed by atoms with Crippen molar-refractivity contribution in [3.63, 3.8) is 0 Å². The third-order valence-corrected chi connectivity index (χ3v) is 4.16. The molecular formula is C19H13F2N3O. The highest BCUT2D eigenvalue weighted by molar-refractivity contribution is 6.01. The van der Waals surface area contributed by atoms with E-state index in [1.54, 1.807) is 23.4 Å². The van der Waals surface area contributed by atoms with E-state index in [1.807, 2.05) is 18.2 Å². The summed E-state index contributed by atoms with van der Waals surface area (Å²) in [7, 11) is 0. The van der Waals surface area contributed by atoms with Gasteiger partial charge in [-0.25, -0.2) is 8.78 Å². The zero-order valence-corrected chi connectivity index (χ0v) is 13.1. The Balaban J connectivity index is 1.71. The number of hydrogen-bond acceptors (Lipinski definition) is 3. The summed E-state index contributed by atoms with van der Waals surface area (Å²) in [6.07, 6.45) is 3.47. The third-order valence-electron chi connectivity index (χ3n) is 4.16. The summed E-state index contributed by atoms with van der Waals surface area (Å²) in [5, 5.41) is 0. The van der Waals surface area contributed by atoms with Crippen molar-refractivity contribution in [1.29, 1.82) is 0 Å². The highest BCUT2D eigenvalue weighted by atomic mass is 19.2. The van der Waals surface area contributed by atoms with Gasteiger partial charge in [0.05, 0.1) is 30.0 Å². The van der Waals surface area contributed by atoms with Gasteiger partial charge in [0.15, 0.2) is 11.6 Å². The minimum Gasteiger partial charge on any atom is -0.304 e. The van der Waals surface area contributed by atoms with Crippen LogP contribution in [0.3, 0.4) is 0 Å². The Morgan fingerprint density at radius 1 is 1.00 bits per heavy atom. The highest BCUT2D eigenvalue weighted by Gasteiger charge is 2.29. The monoisotopic (exact) mass is 337 g/mol. The van der Waals surface area contributed by atoms with E-state index in [9.17, 15) is 13.6 Å². The van der Waals surface area contributed by atoms with Crippen molar-refractivity contribution in [3.05, 3.63) is 77.9 Å². The lowest BCUT2D eigenvalue weighted by Gasteiger charge is -2.17. The fourth-order valence-corrected chi connectivity index (χ4v) is 2.88. The maximum atomic E-state index is 13.5. The molecule has 1 aliphatic heterocycles. The molecule has 25 heavy (non-hydrogen) atoms. The van der Waals surface area contributed by atoms with E-state index < -0.39 is 11.6 Å². The van der Waals surface area contributed by atoms with Crippen LogP contribution in [0.5, 0.6) is 0 Å². The third kappa shape index (κ3) is 2.87. The predicted octanol–water partition coefficient (Wildman–Crippen LogP) is 3.51. The quantitative estimate of drug-likeness (QED) is 0.735. The molecular weight excluding hydrogens is 324 g/mol. The molecule has 0 N–H and O–H groups in total. The van der Waals surface area contributed by atoms with Crippen LogP contribution < -0.4 is 4.90 Å². The summed E-state index contributed by atoms with van der Waals surface area (Å²) in [5.41, 5.74) is 3.25. The van der Waals surface area contributed by atoms with Gasteiger partial charge in [-0.2, -0.15) is 0 Å². The second-order valence-corrected chi connectivity index (χ2v) is 5.80. The number of anilines is 1. The molecule has 1 aliphatic rings. The van der Waals surface area contributed by atoms with Crippen molar-refractivity contribution in [2.75, 3.05) is 4.90 Å². The van der Waals surface area contributed by atoms with Gasteiger partial charge in [-0.15, -0.1) is 0 Å².